The maximum absolute atomic E-state index is 5.97. The molecule has 0 aliphatic heterocycles. The fourth-order valence-electron chi connectivity index (χ4n) is 2.58. The summed E-state index contributed by atoms with van der Waals surface area (Å²) >= 11 is 0. The molecule has 3 heteroatoms. The lowest BCUT2D eigenvalue weighted by molar-refractivity contribution is 0.565. The summed E-state index contributed by atoms with van der Waals surface area (Å²) in [5.41, 5.74) is 8.54. The number of hydrogen-bond acceptors (Lipinski definition) is 2. The molecular weight excluding hydrogens is 210 g/mol. The Morgan fingerprint density at radius 2 is 2.12 bits per heavy atom. The smallest absolute Gasteiger partial charge is 0.106 e. The average Bonchev–Trinajstić information content (AvgIpc) is 2.70. The minimum Gasteiger partial charge on any atom is -0.346 e. The predicted molar refractivity (Wildman–Crippen MR) is 71.1 cm³/mol. The first-order valence-corrected chi connectivity index (χ1v) is 7.11. The topological polar surface area (TPSA) is 54.7 Å². The van der Waals surface area contributed by atoms with Crippen LogP contribution in [0, 0.1) is 0 Å². The molecule has 0 bridgehead atoms. The largest absolute Gasteiger partial charge is 0.346 e. The molecule has 2 rings (SSSR count). The van der Waals surface area contributed by atoms with Gasteiger partial charge in [-0.3, -0.25) is 0 Å². The molecule has 1 aliphatic carbocycles. The van der Waals surface area contributed by atoms with Crippen LogP contribution in [0.25, 0.3) is 0 Å². The van der Waals surface area contributed by atoms with Gasteiger partial charge in [-0.25, -0.2) is 4.98 Å². The first-order valence-electron chi connectivity index (χ1n) is 7.11. The van der Waals surface area contributed by atoms with Crippen LogP contribution in [0.1, 0.15) is 62.7 Å². The van der Waals surface area contributed by atoms with E-state index >= 15 is 0 Å². The van der Waals surface area contributed by atoms with Crippen molar-refractivity contribution in [3.05, 3.63) is 17.2 Å². The number of aromatic nitrogens is 2. The summed E-state index contributed by atoms with van der Waals surface area (Å²) in [4.78, 5) is 8.16. The van der Waals surface area contributed by atoms with E-state index in [-0.39, 0.29) is 0 Å². The maximum atomic E-state index is 5.97. The van der Waals surface area contributed by atoms with Gasteiger partial charge in [0.25, 0.3) is 0 Å². The number of hydrogen-bond donors (Lipinski definition) is 2. The van der Waals surface area contributed by atoms with E-state index in [4.69, 9.17) is 10.7 Å². The monoisotopic (exact) mass is 235 g/mol. The van der Waals surface area contributed by atoms with Crippen molar-refractivity contribution in [3.8, 4) is 0 Å². The van der Waals surface area contributed by atoms with E-state index in [0.717, 1.165) is 25.7 Å². The highest BCUT2D eigenvalue weighted by atomic mass is 14.9. The molecule has 1 aromatic heterocycles. The fraction of sp³-hybridized carbons (Fsp3) is 0.786. The molecule has 0 radical (unpaired) electrons. The Kier molecular flexibility index (Phi) is 4.60. The van der Waals surface area contributed by atoms with E-state index in [1.54, 1.807) is 0 Å². The minimum atomic E-state index is 0.334. The molecule has 0 aromatic carbocycles. The Bertz CT molecular complexity index is 343. The van der Waals surface area contributed by atoms with Gasteiger partial charge in [-0.05, 0) is 19.3 Å². The number of nitrogens with one attached hydrogen (secondary N) is 1. The van der Waals surface area contributed by atoms with E-state index < -0.39 is 0 Å². The third kappa shape index (κ3) is 3.56. The molecule has 1 aromatic rings. The van der Waals surface area contributed by atoms with Gasteiger partial charge in [-0.1, -0.05) is 32.6 Å². The normalized spacial score (nSPS) is 19.3. The number of unbranched alkanes of at least 4 members (excludes halogenated alkanes) is 4. The summed E-state index contributed by atoms with van der Waals surface area (Å²) in [5, 5.41) is 0. The molecule has 0 saturated carbocycles. The molecule has 0 amide bonds. The second kappa shape index (κ2) is 6.20. The van der Waals surface area contributed by atoms with Gasteiger partial charge in [-0.15, -0.1) is 0 Å². The molecular formula is C14H25N3. The molecule has 0 saturated heterocycles. The highest BCUT2D eigenvalue weighted by molar-refractivity contribution is 5.19. The van der Waals surface area contributed by atoms with Gasteiger partial charge in [0.05, 0.1) is 5.69 Å². The number of nitrogens with two attached hydrogens (primary N) is 1. The number of aromatic amines is 1. The van der Waals surface area contributed by atoms with Gasteiger partial charge >= 0.3 is 0 Å². The minimum absolute atomic E-state index is 0.334. The molecule has 96 valence electrons. The van der Waals surface area contributed by atoms with Crippen molar-refractivity contribution in [3.63, 3.8) is 0 Å². The van der Waals surface area contributed by atoms with E-state index in [2.05, 4.69) is 11.9 Å². The Balaban J connectivity index is 1.78. The SMILES string of the molecule is CCCCCCCc1nc2c([nH]1)CC(N)CC2. The number of fused-ring (bicyclic) bond motifs is 1. The van der Waals surface area contributed by atoms with Crippen molar-refractivity contribution in [1.29, 1.82) is 0 Å². The zero-order chi connectivity index (χ0) is 12.1. The Morgan fingerprint density at radius 3 is 2.94 bits per heavy atom. The molecule has 3 nitrogen and oxygen atoms in total. The molecule has 1 unspecified atom stereocenters. The van der Waals surface area contributed by atoms with E-state index in [1.807, 2.05) is 0 Å². The Hall–Kier alpha value is -0.830. The number of imidazole rings is 1. The van der Waals surface area contributed by atoms with Gasteiger partial charge in [0, 0.05) is 24.6 Å². The number of aryl methyl sites for hydroxylation is 2. The van der Waals surface area contributed by atoms with Crippen LogP contribution in [0.2, 0.25) is 0 Å². The molecule has 0 spiro atoms. The molecule has 1 heterocycles. The summed E-state index contributed by atoms with van der Waals surface area (Å²) in [7, 11) is 0. The summed E-state index contributed by atoms with van der Waals surface area (Å²) in [6.45, 7) is 2.25. The zero-order valence-electron chi connectivity index (χ0n) is 11.0. The van der Waals surface area contributed by atoms with Crippen molar-refractivity contribution in [2.24, 2.45) is 5.73 Å². The van der Waals surface area contributed by atoms with Crippen molar-refractivity contribution < 1.29 is 0 Å². The first kappa shape index (κ1) is 12.6. The second-order valence-electron chi connectivity index (χ2n) is 5.28. The van der Waals surface area contributed by atoms with Gasteiger partial charge < -0.3 is 10.7 Å². The van der Waals surface area contributed by atoms with E-state index in [9.17, 15) is 0 Å². The van der Waals surface area contributed by atoms with Gasteiger partial charge in [0.2, 0.25) is 0 Å². The third-order valence-corrected chi connectivity index (χ3v) is 3.65. The van der Waals surface area contributed by atoms with Gasteiger partial charge in [0.15, 0.2) is 0 Å². The molecule has 1 aliphatic rings. The van der Waals surface area contributed by atoms with E-state index in [0.29, 0.717) is 6.04 Å². The molecule has 1 atom stereocenters. The fourth-order valence-corrected chi connectivity index (χ4v) is 2.58. The van der Waals surface area contributed by atoms with Crippen molar-refractivity contribution in [2.75, 3.05) is 0 Å². The highest BCUT2D eigenvalue weighted by Crippen LogP contribution is 2.19. The van der Waals surface area contributed by atoms with Crippen molar-refractivity contribution in [2.45, 2.75) is 70.8 Å². The zero-order valence-corrected chi connectivity index (χ0v) is 11.0. The summed E-state index contributed by atoms with van der Waals surface area (Å²) in [5.74, 6) is 1.18. The Morgan fingerprint density at radius 1 is 1.29 bits per heavy atom. The first-order chi connectivity index (χ1) is 8.29. The van der Waals surface area contributed by atoms with Crippen LogP contribution in [0.15, 0.2) is 0 Å². The second-order valence-corrected chi connectivity index (χ2v) is 5.28. The standard InChI is InChI=1S/C14H25N3/c1-2-3-4-5-6-7-14-16-12-9-8-11(15)10-13(12)17-14/h11H,2-10,15H2,1H3,(H,16,17). The van der Waals surface area contributed by atoms with Gasteiger partial charge in [-0.2, -0.15) is 0 Å². The third-order valence-electron chi connectivity index (χ3n) is 3.65. The number of rotatable bonds is 6. The summed E-state index contributed by atoms with van der Waals surface area (Å²) in [6.07, 6.45) is 10.9. The van der Waals surface area contributed by atoms with Crippen molar-refractivity contribution >= 4 is 0 Å². The lowest BCUT2D eigenvalue weighted by Crippen LogP contribution is -2.27. The van der Waals surface area contributed by atoms with Crippen LogP contribution >= 0.6 is 0 Å². The van der Waals surface area contributed by atoms with Crippen LogP contribution in [0.3, 0.4) is 0 Å². The quantitative estimate of drug-likeness (QED) is 0.745. The maximum Gasteiger partial charge on any atom is 0.106 e. The summed E-state index contributed by atoms with van der Waals surface area (Å²) < 4.78 is 0. The predicted octanol–water partition coefficient (Wildman–Crippen LogP) is 2.74. The van der Waals surface area contributed by atoms with Crippen LogP contribution in [0.5, 0.6) is 0 Å². The van der Waals surface area contributed by atoms with E-state index in [1.165, 1.54) is 49.3 Å². The van der Waals surface area contributed by atoms with Crippen molar-refractivity contribution in [1.82, 2.24) is 9.97 Å². The van der Waals surface area contributed by atoms with Crippen LogP contribution in [-0.4, -0.2) is 16.0 Å². The molecule has 0 fully saturated rings. The Labute approximate surface area is 104 Å². The average molecular weight is 235 g/mol. The van der Waals surface area contributed by atoms with Crippen LogP contribution in [-0.2, 0) is 19.3 Å². The molecule has 17 heavy (non-hydrogen) atoms. The number of nitrogens with zero attached hydrogens (tertiary/aromatic N) is 1. The van der Waals surface area contributed by atoms with Gasteiger partial charge in [0.1, 0.15) is 5.82 Å². The van der Waals surface area contributed by atoms with Crippen LogP contribution in [0.4, 0.5) is 0 Å². The lowest BCUT2D eigenvalue weighted by atomic mass is 9.97. The van der Waals surface area contributed by atoms with Crippen LogP contribution < -0.4 is 5.73 Å². The summed E-state index contributed by atoms with van der Waals surface area (Å²) in [6, 6.07) is 0.334. The lowest BCUT2D eigenvalue weighted by Gasteiger charge is -2.15. The highest BCUT2D eigenvalue weighted by Gasteiger charge is 2.18. The number of H-pyrrole nitrogens is 1. The molecule has 3 N–H and O–H groups in total.